The summed E-state index contributed by atoms with van der Waals surface area (Å²) in [7, 11) is 0. The van der Waals surface area contributed by atoms with E-state index in [4.69, 9.17) is 9.47 Å². The summed E-state index contributed by atoms with van der Waals surface area (Å²) in [6.45, 7) is 4.09. The van der Waals surface area contributed by atoms with Crippen LogP contribution in [-0.2, 0) is 16.2 Å². The lowest BCUT2D eigenvalue weighted by atomic mass is 10.3. The van der Waals surface area contributed by atoms with Crippen LogP contribution in [0.3, 0.4) is 0 Å². The minimum Gasteiger partial charge on any atom is -0.379 e. The molecule has 0 amide bonds. The number of ether oxygens (including phenoxy) is 2. The van der Waals surface area contributed by atoms with Crippen molar-refractivity contribution >= 4 is 0 Å². The summed E-state index contributed by atoms with van der Waals surface area (Å²) >= 11 is 0. The second-order valence-corrected chi connectivity index (χ2v) is 3.25. The fourth-order valence-corrected chi connectivity index (χ4v) is 1.35. The zero-order valence-electron chi connectivity index (χ0n) is 7.77. The number of hydrogen-bond donors (Lipinski definition) is 0. The molecule has 1 fully saturated rings. The van der Waals surface area contributed by atoms with Crippen molar-refractivity contribution in [2.75, 3.05) is 13.2 Å². The highest BCUT2D eigenvalue weighted by molar-refractivity contribution is 4.95. The van der Waals surface area contributed by atoms with Crippen molar-refractivity contribution in [3.8, 4) is 0 Å². The standard InChI is InChI=1S/C9H14N2O2/c1-8-2-4-10-11(8)7-13-9-3-5-12-6-9/h2,4,9H,3,5-7H2,1H3. The molecule has 0 aliphatic carbocycles. The zero-order chi connectivity index (χ0) is 9.10. The first-order chi connectivity index (χ1) is 6.36. The average Bonchev–Trinajstić information content (AvgIpc) is 2.72. The van der Waals surface area contributed by atoms with Crippen LogP contribution in [-0.4, -0.2) is 29.1 Å². The first-order valence-electron chi connectivity index (χ1n) is 4.54. The fraction of sp³-hybridized carbons (Fsp3) is 0.667. The Balaban J connectivity index is 1.82. The third kappa shape index (κ3) is 2.08. The molecule has 1 aromatic rings. The van der Waals surface area contributed by atoms with Gasteiger partial charge in [-0.25, -0.2) is 4.68 Å². The van der Waals surface area contributed by atoms with Crippen LogP contribution in [0.4, 0.5) is 0 Å². The van der Waals surface area contributed by atoms with E-state index in [0.29, 0.717) is 6.73 Å². The predicted octanol–water partition coefficient (Wildman–Crippen LogP) is 0.955. The maximum Gasteiger partial charge on any atom is 0.140 e. The Kier molecular flexibility index (Phi) is 2.61. The lowest BCUT2D eigenvalue weighted by Gasteiger charge is -2.10. The van der Waals surface area contributed by atoms with Crippen molar-refractivity contribution in [3.63, 3.8) is 0 Å². The lowest BCUT2D eigenvalue weighted by molar-refractivity contribution is -0.00423. The molecule has 1 aromatic heterocycles. The van der Waals surface area contributed by atoms with Crippen LogP contribution in [0.1, 0.15) is 12.1 Å². The molecule has 4 nitrogen and oxygen atoms in total. The first-order valence-corrected chi connectivity index (χ1v) is 4.54. The molecule has 1 aliphatic heterocycles. The van der Waals surface area contributed by atoms with E-state index in [1.807, 2.05) is 17.7 Å². The van der Waals surface area contributed by atoms with Gasteiger partial charge in [-0.3, -0.25) is 0 Å². The van der Waals surface area contributed by atoms with E-state index >= 15 is 0 Å². The molecule has 1 aliphatic rings. The summed E-state index contributed by atoms with van der Waals surface area (Å²) in [4.78, 5) is 0. The van der Waals surface area contributed by atoms with Gasteiger partial charge in [-0.15, -0.1) is 0 Å². The molecule has 13 heavy (non-hydrogen) atoms. The van der Waals surface area contributed by atoms with E-state index in [1.165, 1.54) is 0 Å². The highest BCUT2D eigenvalue weighted by Gasteiger charge is 2.15. The summed E-state index contributed by atoms with van der Waals surface area (Å²) in [5.41, 5.74) is 1.12. The normalized spacial score (nSPS) is 22.4. The topological polar surface area (TPSA) is 36.3 Å². The predicted molar refractivity (Wildman–Crippen MR) is 47.3 cm³/mol. The minimum absolute atomic E-state index is 0.253. The van der Waals surface area contributed by atoms with Gasteiger partial charge >= 0.3 is 0 Å². The molecular weight excluding hydrogens is 168 g/mol. The molecule has 4 heteroatoms. The van der Waals surface area contributed by atoms with Crippen molar-refractivity contribution in [3.05, 3.63) is 18.0 Å². The van der Waals surface area contributed by atoms with Gasteiger partial charge < -0.3 is 9.47 Å². The second kappa shape index (κ2) is 3.89. The third-order valence-corrected chi connectivity index (χ3v) is 2.25. The molecule has 2 heterocycles. The van der Waals surface area contributed by atoms with Crippen molar-refractivity contribution in [2.24, 2.45) is 0 Å². The van der Waals surface area contributed by atoms with Gasteiger partial charge in [0.2, 0.25) is 0 Å². The van der Waals surface area contributed by atoms with Crippen molar-refractivity contribution in [1.29, 1.82) is 0 Å². The van der Waals surface area contributed by atoms with E-state index in [2.05, 4.69) is 5.10 Å². The van der Waals surface area contributed by atoms with Crippen LogP contribution in [0, 0.1) is 6.92 Å². The summed E-state index contributed by atoms with van der Waals surface area (Å²) in [6, 6.07) is 1.97. The summed E-state index contributed by atoms with van der Waals surface area (Å²) in [5, 5.41) is 4.13. The quantitative estimate of drug-likeness (QED) is 0.698. The van der Waals surface area contributed by atoms with Gasteiger partial charge in [-0.05, 0) is 19.4 Å². The summed E-state index contributed by atoms with van der Waals surface area (Å²) in [6.07, 6.45) is 3.04. The SMILES string of the molecule is Cc1ccnn1COC1CCOC1. The highest BCUT2D eigenvalue weighted by atomic mass is 16.5. The Labute approximate surface area is 77.4 Å². The Morgan fingerprint density at radius 3 is 3.31 bits per heavy atom. The number of aromatic nitrogens is 2. The maximum absolute atomic E-state index is 5.60. The van der Waals surface area contributed by atoms with Gasteiger partial charge in [0.05, 0.1) is 12.7 Å². The highest BCUT2D eigenvalue weighted by Crippen LogP contribution is 2.09. The maximum atomic E-state index is 5.60. The second-order valence-electron chi connectivity index (χ2n) is 3.25. The first kappa shape index (κ1) is 8.72. The Hall–Kier alpha value is -0.870. The third-order valence-electron chi connectivity index (χ3n) is 2.25. The van der Waals surface area contributed by atoms with E-state index < -0.39 is 0 Å². The monoisotopic (exact) mass is 182 g/mol. The lowest BCUT2D eigenvalue weighted by Crippen LogP contribution is -2.16. The minimum atomic E-state index is 0.253. The van der Waals surface area contributed by atoms with Crippen molar-refractivity contribution < 1.29 is 9.47 Å². The molecule has 72 valence electrons. The molecule has 1 atom stereocenters. The molecule has 1 saturated heterocycles. The Morgan fingerprint density at radius 1 is 1.77 bits per heavy atom. The molecule has 0 bridgehead atoms. The molecule has 0 spiro atoms. The average molecular weight is 182 g/mol. The molecule has 2 rings (SSSR count). The van der Waals surface area contributed by atoms with Gasteiger partial charge in [-0.1, -0.05) is 0 Å². The smallest absolute Gasteiger partial charge is 0.140 e. The number of nitrogens with zero attached hydrogens (tertiary/aromatic N) is 2. The van der Waals surface area contributed by atoms with E-state index in [9.17, 15) is 0 Å². The number of hydrogen-bond acceptors (Lipinski definition) is 3. The van der Waals surface area contributed by atoms with E-state index in [1.54, 1.807) is 6.20 Å². The number of aryl methyl sites for hydroxylation is 1. The Morgan fingerprint density at radius 2 is 2.69 bits per heavy atom. The fourth-order valence-electron chi connectivity index (χ4n) is 1.35. The van der Waals surface area contributed by atoms with Gasteiger partial charge in [0.25, 0.3) is 0 Å². The summed E-state index contributed by atoms with van der Waals surface area (Å²) in [5.74, 6) is 0. The van der Waals surface area contributed by atoms with Gasteiger partial charge in [-0.2, -0.15) is 5.10 Å². The van der Waals surface area contributed by atoms with Crippen LogP contribution in [0.15, 0.2) is 12.3 Å². The molecule has 0 saturated carbocycles. The molecular formula is C9H14N2O2. The van der Waals surface area contributed by atoms with Crippen LogP contribution < -0.4 is 0 Å². The van der Waals surface area contributed by atoms with Gasteiger partial charge in [0.15, 0.2) is 0 Å². The number of rotatable bonds is 3. The van der Waals surface area contributed by atoms with Gasteiger partial charge in [0, 0.05) is 18.5 Å². The van der Waals surface area contributed by atoms with Crippen LogP contribution in [0.5, 0.6) is 0 Å². The van der Waals surface area contributed by atoms with Crippen LogP contribution in [0.25, 0.3) is 0 Å². The molecule has 1 unspecified atom stereocenters. The largest absolute Gasteiger partial charge is 0.379 e. The van der Waals surface area contributed by atoms with E-state index in [0.717, 1.165) is 25.3 Å². The molecule has 0 N–H and O–H groups in total. The van der Waals surface area contributed by atoms with E-state index in [-0.39, 0.29) is 6.10 Å². The van der Waals surface area contributed by atoms with Crippen LogP contribution in [0.2, 0.25) is 0 Å². The molecule has 0 aromatic carbocycles. The van der Waals surface area contributed by atoms with Gasteiger partial charge in [0.1, 0.15) is 6.73 Å². The van der Waals surface area contributed by atoms with Crippen LogP contribution >= 0.6 is 0 Å². The van der Waals surface area contributed by atoms with Crippen molar-refractivity contribution in [2.45, 2.75) is 26.2 Å². The Bertz CT molecular complexity index is 266. The summed E-state index contributed by atoms with van der Waals surface area (Å²) < 4.78 is 12.7. The molecule has 0 radical (unpaired) electrons. The zero-order valence-corrected chi connectivity index (χ0v) is 7.77. The van der Waals surface area contributed by atoms with Crippen molar-refractivity contribution in [1.82, 2.24) is 9.78 Å².